The molecule has 6 heteroatoms. The third-order valence-corrected chi connectivity index (χ3v) is 5.77. The van der Waals surface area contributed by atoms with Crippen LogP contribution < -0.4 is 4.74 Å². The summed E-state index contributed by atoms with van der Waals surface area (Å²) in [5.41, 5.74) is 1.62. The molecule has 2 unspecified atom stereocenters. The molecule has 1 aromatic rings. The number of fused-ring (bicyclic) bond motifs is 1. The van der Waals surface area contributed by atoms with Gasteiger partial charge >= 0.3 is 0 Å². The molecule has 2 fully saturated rings. The molecule has 0 spiro atoms. The monoisotopic (exact) mass is 384 g/mol. The van der Waals surface area contributed by atoms with Gasteiger partial charge in [-0.05, 0) is 38.8 Å². The van der Waals surface area contributed by atoms with E-state index >= 15 is 0 Å². The lowest BCUT2D eigenvalue weighted by atomic mass is 9.94. The number of rotatable bonds is 2. The first-order chi connectivity index (χ1) is 13.5. The van der Waals surface area contributed by atoms with Crippen molar-refractivity contribution in [3.63, 3.8) is 0 Å². The first-order valence-electron chi connectivity index (χ1n) is 10.2. The summed E-state index contributed by atoms with van der Waals surface area (Å²) < 4.78 is 11.4. The Balaban J connectivity index is 1.35. The molecule has 2 atom stereocenters. The summed E-state index contributed by atoms with van der Waals surface area (Å²) in [5.74, 6) is 1.05. The minimum absolute atomic E-state index is 0.00105. The van der Waals surface area contributed by atoms with Crippen LogP contribution >= 0.6 is 0 Å². The van der Waals surface area contributed by atoms with Gasteiger partial charge in [0.25, 0.3) is 5.91 Å². The van der Waals surface area contributed by atoms with Crippen molar-refractivity contribution >= 4 is 17.9 Å². The van der Waals surface area contributed by atoms with Crippen molar-refractivity contribution in [3.05, 3.63) is 35.4 Å². The van der Waals surface area contributed by atoms with E-state index < -0.39 is 0 Å². The Labute approximate surface area is 166 Å². The number of amides is 2. The van der Waals surface area contributed by atoms with Gasteiger partial charge in [0, 0.05) is 37.7 Å². The van der Waals surface area contributed by atoms with Crippen LogP contribution in [0.5, 0.6) is 5.75 Å². The van der Waals surface area contributed by atoms with E-state index in [0.717, 1.165) is 24.2 Å². The summed E-state index contributed by atoms with van der Waals surface area (Å²) in [7, 11) is 0. The van der Waals surface area contributed by atoms with Crippen LogP contribution in [0, 0.1) is 5.92 Å². The van der Waals surface area contributed by atoms with E-state index in [1.807, 2.05) is 54.0 Å². The first kappa shape index (κ1) is 19.0. The average Bonchev–Trinajstić information content (AvgIpc) is 2.72. The number of piperidine rings is 1. The lowest BCUT2D eigenvalue weighted by molar-refractivity contribution is -0.149. The number of benzene rings is 1. The van der Waals surface area contributed by atoms with Crippen molar-refractivity contribution in [2.75, 3.05) is 32.8 Å². The molecule has 0 aromatic heterocycles. The van der Waals surface area contributed by atoms with Crippen LogP contribution in [0.4, 0.5) is 0 Å². The second-order valence-electron chi connectivity index (χ2n) is 8.06. The normalized spacial score (nSPS) is 25.6. The molecule has 2 saturated heterocycles. The predicted octanol–water partition coefficient (Wildman–Crippen LogP) is 2.34. The standard InChI is InChI=1S/C22H28N2O4/c1-15-12-24(13-16(2)28-15)21(25)17-7-9-23(10-8-17)22(26)19-11-18-5-3-4-6-20(18)27-14-19/h3-6,11,15-17H,7-10,12-14H2,1-2H3. The molecule has 0 N–H and O–H groups in total. The van der Waals surface area contributed by atoms with Gasteiger partial charge < -0.3 is 19.3 Å². The fourth-order valence-corrected chi connectivity index (χ4v) is 4.39. The van der Waals surface area contributed by atoms with E-state index in [9.17, 15) is 9.59 Å². The Morgan fingerprint density at radius 1 is 1.00 bits per heavy atom. The third kappa shape index (κ3) is 3.92. The van der Waals surface area contributed by atoms with Gasteiger partial charge in [-0.15, -0.1) is 0 Å². The van der Waals surface area contributed by atoms with E-state index in [4.69, 9.17) is 9.47 Å². The smallest absolute Gasteiger partial charge is 0.253 e. The van der Waals surface area contributed by atoms with E-state index in [1.54, 1.807) is 0 Å². The van der Waals surface area contributed by atoms with Crippen LogP contribution in [0.2, 0.25) is 0 Å². The zero-order valence-electron chi connectivity index (χ0n) is 16.6. The molecule has 3 heterocycles. The topological polar surface area (TPSA) is 59.1 Å². The van der Waals surface area contributed by atoms with Gasteiger partial charge in [-0.1, -0.05) is 18.2 Å². The number of likely N-dealkylation sites (tertiary alicyclic amines) is 1. The SMILES string of the molecule is CC1CN(C(=O)C2CCN(C(=O)C3=Cc4ccccc4OC3)CC2)CC(C)O1. The highest BCUT2D eigenvalue weighted by Gasteiger charge is 2.34. The first-order valence-corrected chi connectivity index (χ1v) is 10.2. The Morgan fingerprint density at radius 2 is 1.68 bits per heavy atom. The number of carbonyl (C=O) groups is 2. The number of ether oxygens (including phenoxy) is 2. The van der Waals surface area contributed by atoms with Crippen molar-refractivity contribution < 1.29 is 19.1 Å². The van der Waals surface area contributed by atoms with Gasteiger partial charge in [0.05, 0.1) is 17.8 Å². The number of hydrogen-bond acceptors (Lipinski definition) is 4. The molecule has 6 nitrogen and oxygen atoms in total. The molecule has 1 aromatic carbocycles. The Morgan fingerprint density at radius 3 is 2.39 bits per heavy atom. The van der Waals surface area contributed by atoms with Crippen LogP contribution in [-0.2, 0) is 14.3 Å². The maximum Gasteiger partial charge on any atom is 0.253 e. The maximum atomic E-state index is 12.9. The average molecular weight is 384 g/mol. The Hall–Kier alpha value is -2.34. The Kier molecular flexibility index (Phi) is 5.40. The second kappa shape index (κ2) is 7.95. The highest BCUT2D eigenvalue weighted by atomic mass is 16.5. The molecular weight excluding hydrogens is 356 g/mol. The highest BCUT2D eigenvalue weighted by Crippen LogP contribution is 2.28. The number of hydrogen-bond donors (Lipinski definition) is 0. The molecule has 0 aliphatic carbocycles. The van der Waals surface area contributed by atoms with Gasteiger partial charge in [-0.3, -0.25) is 9.59 Å². The summed E-state index contributed by atoms with van der Waals surface area (Å²) in [5, 5.41) is 0. The summed E-state index contributed by atoms with van der Waals surface area (Å²) in [6.07, 6.45) is 3.52. The molecule has 3 aliphatic rings. The maximum absolute atomic E-state index is 12.9. The van der Waals surface area contributed by atoms with Crippen molar-refractivity contribution in [3.8, 4) is 5.75 Å². The van der Waals surface area contributed by atoms with Crippen LogP contribution in [0.25, 0.3) is 6.08 Å². The zero-order chi connectivity index (χ0) is 19.7. The van der Waals surface area contributed by atoms with E-state index in [-0.39, 0.29) is 29.9 Å². The number of para-hydroxylation sites is 1. The molecule has 4 rings (SSSR count). The van der Waals surface area contributed by atoms with Crippen molar-refractivity contribution in [1.29, 1.82) is 0 Å². The van der Waals surface area contributed by atoms with E-state index in [2.05, 4.69) is 0 Å². The second-order valence-corrected chi connectivity index (χ2v) is 8.06. The minimum Gasteiger partial charge on any atom is -0.488 e. The molecule has 3 aliphatic heterocycles. The number of morpholine rings is 1. The molecule has 2 amide bonds. The van der Waals surface area contributed by atoms with Gasteiger partial charge in [-0.25, -0.2) is 0 Å². The fourth-order valence-electron chi connectivity index (χ4n) is 4.39. The third-order valence-electron chi connectivity index (χ3n) is 5.77. The number of carbonyl (C=O) groups excluding carboxylic acids is 2. The fraction of sp³-hybridized carbons (Fsp3) is 0.545. The summed E-state index contributed by atoms with van der Waals surface area (Å²) in [4.78, 5) is 29.6. The minimum atomic E-state index is -0.00105. The zero-order valence-corrected chi connectivity index (χ0v) is 16.6. The lowest BCUT2D eigenvalue weighted by Gasteiger charge is -2.39. The Bertz CT molecular complexity index is 772. The molecule has 0 bridgehead atoms. The van der Waals surface area contributed by atoms with Crippen LogP contribution in [-0.4, -0.2) is 66.6 Å². The number of nitrogens with zero attached hydrogens (tertiary/aromatic N) is 2. The van der Waals surface area contributed by atoms with E-state index in [0.29, 0.717) is 38.4 Å². The lowest BCUT2D eigenvalue weighted by Crippen LogP contribution is -2.52. The van der Waals surface area contributed by atoms with Gasteiger partial charge in [0.15, 0.2) is 0 Å². The van der Waals surface area contributed by atoms with Crippen molar-refractivity contribution in [1.82, 2.24) is 9.80 Å². The molecule has 28 heavy (non-hydrogen) atoms. The molecule has 0 saturated carbocycles. The molecular formula is C22H28N2O4. The van der Waals surface area contributed by atoms with Gasteiger partial charge in [-0.2, -0.15) is 0 Å². The van der Waals surface area contributed by atoms with Gasteiger partial charge in [0.1, 0.15) is 12.4 Å². The van der Waals surface area contributed by atoms with Gasteiger partial charge in [0.2, 0.25) is 5.91 Å². The summed E-state index contributed by atoms with van der Waals surface area (Å²) >= 11 is 0. The summed E-state index contributed by atoms with van der Waals surface area (Å²) in [6.45, 7) is 6.87. The predicted molar refractivity (Wildman–Crippen MR) is 106 cm³/mol. The molecule has 150 valence electrons. The highest BCUT2D eigenvalue weighted by molar-refractivity contribution is 5.99. The quantitative estimate of drug-likeness (QED) is 0.785. The van der Waals surface area contributed by atoms with Crippen LogP contribution in [0.3, 0.4) is 0 Å². The molecule has 0 radical (unpaired) electrons. The van der Waals surface area contributed by atoms with Crippen LogP contribution in [0.15, 0.2) is 29.8 Å². The van der Waals surface area contributed by atoms with Crippen LogP contribution in [0.1, 0.15) is 32.3 Å². The summed E-state index contributed by atoms with van der Waals surface area (Å²) in [6, 6.07) is 7.74. The van der Waals surface area contributed by atoms with E-state index in [1.165, 1.54) is 0 Å². The largest absolute Gasteiger partial charge is 0.488 e. The van der Waals surface area contributed by atoms with Crippen molar-refractivity contribution in [2.24, 2.45) is 5.92 Å². The van der Waals surface area contributed by atoms with Crippen molar-refractivity contribution in [2.45, 2.75) is 38.9 Å².